The molecule has 0 atom stereocenters. The molecule has 0 radical (unpaired) electrons. The van der Waals surface area contributed by atoms with Gasteiger partial charge in [0.15, 0.2) is 11.5 Å². The third-order valence-corrected chi connectivity index (χ3v) is 2.51. The third-order valence-electron chi connectivity index (χ3n) is 2.51. The van der Waals surface area contributed by atoms with Crippen molar-refractivity contribution in [3.05, 3.63) is 23.8 Å². The molecular weight excluding hydrogens is 208 g/mol. The van der Waals surface area contributed by atoms with E-state index in [1.165, 1.54) is 7.11 Å². The van der Waals surface area contributed by atoms with Gasteiger partial charge in [-0.1, -0.05) is 6.07 Å². The van der Waals surface area contributed by atoms with E-state index in [2.05, 4.69) is 4.74 Å². The number of ether oxygens (including phenoxy) is 3. The van der Waals surface area contributed by atoms with E-state index in [0.717, 1.165) is 29.9 Å². The lowest BCUT2D eigenvalue weighted by atomic mass is 10.1. The maximum atomic E-state index is 10.9. The largest absolute Gasteiger partial charge is 0.469 e. The van der Waals surface area contributed by atoms with Crippen LogP contribution >= 0.6 is 0 Å². The maximum Gasteiger partial charge on any atom is 0.305 e. The number of hydrogen-bond donors (Lipinski definition) is 0. The van der Waals surface area contributed by atoms with E-state index in [-0.39, 0.29) is 5.97 Å². The molecule has 4 nitrogen and oxygen atoms in total. The number of hydrogen-bond acceptors (Lipinski definition) is 4. The Kier molecular flexibility index (Phi) is 3.29. The van der Waals surface area contributed by atoms with Crippen molar-refractivity contribution < 1.29 is 19.0 Å². The van der Waals surface area contributed by atoms with Gasteiger partial charge in [-0.3, -0.25) is 4.79 Å². The fourth-order valence-electron chi connectivity index (χ4n) is 1.64. The summed E-state index contributed by atoms with van der Waals surface area (Å²) in [6.07, 6.45) is 2.07. The lowest BCUT2D eigenvalue weighted by molar-refractivity contribution is -0.140. The Hall–Kier alpha value is -1.71. The number of carbonyl (C=O) groups is 1. The number of rotatable bonds is 4. The van der Waals surface area contributed by atoms with Crippen LogP contribution in [0.1, 0.15) is 18.4 Å². The van der Waals surface area contributed by atoms with Crippen molar-refractivity contribution in [3.63, 3.8) is 0 Å². The van der Waals surface area contributed by atoms with Crippen LogP contribution in [0.2, 0.25) is 0 Å². The maximum absolute atomic E-state index is 10.9. The molecule has 0 bridgehead atoms. The highest BCUT2D eigenvalue weighted by atomic mass is 16.7. The zero-order valence-electron chi connectivity index (χ0n) is 9.19. The molecule has 1 aliphatic rings. The lowest BCUT2D eigenvalue weighted by Gasteiger charge is -2.02. The molecule has 0 fully saturated rings. The van der Waals surface area contributed by atoms with Crippen molar-refractivity contribution in [2.24, 2.45) is 0 Å². The molecule has 16 heavy (non-hydrogen) atoms. The lowest BCUT2D eigenvalue weighted by Crippen LogP contribution is -2.00. The Labute approximate surface area is 94.1 Å². The average Bonchev–Trinajstić information content (AvgIpc) is 2.76. The highest BCUT2D eigenvalue weighted by molar-refractivity contribution is 5.69. The Balaban J connectivity index is 1.88. The quantitative estimate of drug-likeness (QED) is 0.730. The molecule has 0 aliphatic carbocycles. The monoisotopic (exact) mass is 222 g/mol. The molecule has 4 heteroatoms. The average molecular weight is 222 g/mol. The van der Waals surface area contributed by atoms with Gasteiger partial charge < -0.3 is 14.2 Å². The van der Waals surface area contributed by atoms with Gasteiger partial charge in [0, 0.05) is 6.42 Å². The summed E-state index contributed by atoms with van der Waals surface area (Å²) < 4.78 is 15.1. The van der Waals surface area contributed by atoms with E-state index >= 15 is 0 Å². The fourth-order valence-corrected chi connectivity index (χ4v) is 1.64. The first-order valence-electron chi connectivity index (χ1n) is 5.25. The molecule has 0 amide bonds. The van der Waals surface area contributed by atoms with Crippen LogP contribution in [-0.4, -0.2) is 19.9 Å². The van der Waals surface area contributed by atoms with Crippen LogP contribution in [0.15, 0.2) is 18.2 Å². The number of methoxy groups -OCH3 is 1. The summed E-state index contributed by atoms with van der Waals surface area (Å²) in [5.74, 6) is 1.41. The second kappa shape index (κ2) is 4.88. The van der Waals surface area contributed by atoms with Crippen molar-refractivity contribution in [2.45, 2.75) is 19.3 Å². The van der Waals surface area contributed by atoms with Crippen LogP contribution in [0.5, 0.6) is 11.5 Å². The first kappa shape index (κ1) is 10.8. The standard InChI is InChI=1S/C12H14O4/c1-14-12(13)4-2-3-9-5-6-10-11(7-9)16-8-15-10/h5-7H,2-4,8H2,1H3. The van der Waals surface area contributed by atoms with Gasteiger partial charge in [0.05, 0.1) is 7.11 Å². The van der Waals surface area contributed by atoms with Gasteiger partial charge in [-0.05, 0) is 30.5 Å². The van der Waals surface area contributed by atoms with Gasteiger partial charge in [-0.15, -0.1) is 0 Å². The zero-order chi connectivity index (χ0) is 11.4. The Morgan fingerprint density at radius 1 is 1.38 bits per heavy atom. The van der Waals surface area contributed by atoms with E-state index in [1.807, 2.05) is 18.2 Å². The summed E-state index contributed by atoms with van der Waals surface area (Å²) in [6, 6.07) is 5.85. The van der Waals surface area contributed by atoms with E-state index in [0.29, 0.717) is 13.2 Å². The SMILES string of the molecule is COC(=O)CCCc1ccc2c(c1)OCO2. The van der Waals surface area contributed by atoms with E-state index in [1.54, 1.807) is 0 Å². The van der Waals surface area contributed by atoms with Crippen molar-refractivity contribution >= 4 is 5.97 Å². The summed E-state index contributed by atoms with van der Waals surface area (Å²) in [7, 11) is 1.41. The van der Waals surface area contributed by atoms with Gasteiger partial charge in [0.1, 0.15) is 0 Å². The van der Waals surface area contributed by atoms with Crippen LogP contribution in [0, 0.1) is 0 Å². The summed E-state index contributed by atoms with van der Waals surface area (Å²) in [4.78, 5) is 10.9. The number of esters is 1. The summed E-state index contributed by atoms with van der Waals surface area (Å²) in [5.41, 5.74) is 1.15. The molecule has 1 aromatic carbocycles. The van der Waals surface area contributed by atoms with Gasteiger partial charge in [-0.2, -0.15) is 0 Å². The topological polar surface area (TPSA) is 44.8 Å². The minimum absolute atomic E-state index is 0.166. The van der Waals surface area contributed by atoms with Crippen LogP contribution in [-0.2, 0) is 16.0 Å². The number of aryl methyl sites for hydroxylation is 1. The van der Waals surface area contributed by atoms with Crippen LogP contribution in [0.4, 0.5) is 0 Å². The number of fused-ring (bicyclic) bond motifs is 1. The highest BCUT2D eigenvalue weighted by Gasteiger charge is 2.13. The van der Waals surface area contributed by atoms with E-state index in [9.17, 15) is 4.79 Å². The first-order chi connectivity index (χ1) is 7.79. The van der Waals surface area contributed by atoms with Crippen molar-refractivity contribution in [3.8, 4) is 11.5 Å². The highest BCUT2D eigenvalue weighted by Crippen LogP contribution is 2.32. The fraction of sp³-hybridized carbons (Fsp3) is 0.417. The molecule has 1 aliphatic heterocycles. The van der Waals surface area contributed by atoms with Crippen LogP contribution in [0.25, 0.3) is 0 Å². The molecular formula is C12H14O4. The molecule has 0 saturated carbocycles. The Bertz CT molecular complexity index is 387. The third kappa shape index (κ3) is 2.45. The van der Waals surface area contributed by atoms with Gasteiger partial charge in [0.25, 0.3) is 0 Å². The molecule has 0 unspecified atom stereocenters. The van der Waals surface area contributed by atoms with Gasteiger partial charge >= 0.3 is 5.97 Å². The van der Waals surface area contributed by atoms with Gasteiger partial charge in [0.2, 0.25) is 6.79 Å². The predicted molar refractivity (Wildman–Crippen MR) is 57.5 cm³/mol. The molecule has 86 valence electrons. The molecule has 1 aromatic rings. The molecule has 0 spiro atoms. The van der Waals surface area contributed by atoms with E-state index < -0.39 is 0 Å². The summed E-state index contributed by atoms with van der Waals surface area (Å²) in [6.45, 7) is 0.293. The normalized spacial score (nSPS) is 12.6. The summed E-state index contributed by atoms with van der Waals surface area (Å²) >= 11 is 0. The molecule has 1 heterocycles. The van der Waals surface area contributed by atoms with Crippen molar-refractivity contribution in [1.82, 2.24) is 0 Å². The molecule has 0 N–H and O–H groups in total. The van der Waals surface area contributed by atoms with Gasteiger partial charge in [-0.25, -0.2) is 0 Å². The van der Waals surface area contributed by atoms with Crippen LogP contribution < -0.4 is 9.47 Å². The second-order valence-corrected chi connectivity index (χ2v) is 3.62. The first-order valence-corrected chi connectivity index (χ1v) is 5.25. The minimum Gasteiger partial charge on any atom is -0.469 e. The van der Waals surface area contributed by atoms with Crippen molar-refractivity contribution in [2.75, 3.05) is 13.9 Å². The predicted octanol–water partition coefficient (Wildman–Crippen LogP) is 1.91. The van der Waals surface area contributed by atoms with Crippen LogP contribution in [0.3, 0.4) is 0 Å². The Morgan fingerprint density at radius 3 is 3.00 bits per heavy atom. The number of carbonyl (C=O) groups excluding carboxylic acids is 1. The van der Waals surface area contributed by atoms with Crippen molar-refractivity contribution in [1.29, 1.82) is 0 Å². The smallest absolute Gasteiger partial charge is 0.305 e. The zero-order valence-corrected chi connectivity index (χ0v) is 9.19. The number of benzene rings is 1. The molecule has 0 saturated heterocycles. The Morgan fingerprint density at radius 2 is 2.19 bits per heavy atom. The molecule has 0 aromatic heterocycles. The summed E-state index contributed by atoms with van der Waals surface area (Å²) in [5, 5.41) is 0. The molecule has 2 rings (SSSR count). The second-order valence-electron chi connectivity index (χ2n) is 3.62. The minimum atomic E-state index is -0.166. The van der Waals surface area contributed by atoms with E-state index in [4.69, 9.17) is 9.47 Å².